The number of benzene rings is 1. The lowest BCUT2D eigenvalue weighted by atomic mass is 9.78. The van der Waals surface area contributed by atoms with Gasteiger partial charge in [0, 0.05) is 24.4 Å². The lowest BCUT2D eigenvalue weighted by molar-refractivity contribution is 0.330. The van der Waals surface area contributed by atoms with Crippen LogP contribution in [0.2, 0.25) is 0 Å². The monoisotopic (exact) mass is 347 g/mol. The molecule has 0 saturated heterocycles. The van der Waals surface area contributed by atoms with Crippen molar-refractivity contribution in [3.63, 3.8) is 0 Å². The number of rotatable bonds is 7. The number of nitriles is 1. The van der Waals surface area contributed by atoms with Crippen molar-refractivity contribution in [1.82, 2.24) is 9.97 Å². The Morgan fingerprint density at radius 3 is 2.31 bits per heavy atom. The second-order valence-corrected chi connectivity index (χ2v) is 7.57. The molecule has 3 heteroatoms. The summed E-state index contributed by atoms with van der Waals surface area (Å²) in [5.41, 5.74) is 3.74. The van der Waals surface area contributed by atoms with Crippen LogP contribution in [0.3, 0.4) is 0 Å². The van der Waals surface area contributed by atoms with Gasteiger partial charge in [-0.15, -0.1) is 0 Å². The number of nitrogens with zero attached hydrogens (tertiary/aromatic N) is 3. The highest BCUT2D eigenvalue weighted by molar-refractivity contribution is 5.55. The Kier molecular flexibility index (Phi) is 6.77. The first kappa shape index (κ1) is 18.6. The van der Waals surface area contributed by atoms with Crippen LogP contribution in [-0.4, -0.2) is 9.97 Å². The van der Waals surface area contributed by atoms with Gasteiger partial charge in [0.25, 0.3) is 0 Å². The van der Waals surface area contributed by atoms with E-state index in [1.165, 1.54) is 56.1 Å². The van der Waals surface area contributed by atoms with Gasteiger partial charge in [-0.25, -0.2) is 9.97 Å². The Hall–Kier alpha value is -2.21. The van der Waals surface area contributed by atoms with Gasteiger partial charge in [0.05, 0.1) is 6.07 Å². The number of hydrogen-bond acceptors (Lipinski definition) is 3. The van der Waals surface area contributed by atoms with Crippen LogP contribution in [0.4, 0.5) is 0 Å². The molecular formula is C23H29N3. The molecule has 1 aromatic carbocycles. The minimum absolute atomic E-state index is 0.611. The van der Waals surface area contributed by atoms with Crippen LogP contribution in [0.1, 0.15) is 75.3 Å². The summed E-state index contributed by atoms with van der Waals surface area (Å²) in [6, 6.07) is 11.1. The van der Waals surface area contributed by atoms with E-state index in [4.69, 9.17) is 5.26 Å². The third-order valence-electron chi connectivity index (χ3n) is 5.64. The van der Waals surface area contributed by atoms with Crippen molar-refractivity contribution in [2.75, 3.05) is 0 Å². The van der Waals surface area contributed by atoms with Gasteiger partial charge in [-0.05, 0) is 61.5 Å². The van der Waals surface area contributed by atoms with Crippen molar-refractivity contribution in [2.24, 2.45) is 5.92 Å². The van der Waals surface area contributed by atoms with Gasteiger partial charge in [0.1, 0.15) is 0 Å². The zero-order chi connectivity index (χ0) is 18.2. The maximum atomic E-state index is 8.85. The van der Waals surface area contributed by atoms with E-state index in [-0.39, 0.29) is 0 Å². The first-order chi connectivity index (χ1) is 12.8. The number of hydrogen-bond donors (Lipinski definition) is 0. The standard InChI is InChI=1S/C23H29N3/c1-2-3-4-5-19-16-25-23(26-17-19)22-12-10-21(11-13-22)20-8-6-18(7-9-20)14-15-24/h10-13,16-18,20H,2-9,14H2,1H3. The predicted molar refractivity (Wildman–Crippen MR) is 106 cm³/mol. The van der Waals surface area contributed by atoms with Crippen LogP contribution in [0.25, 0.3) is 11.4 Å². The van der Waals surface area contributed by atoms with Crippen molar-refractivity contribution in [1.29, 1.82) is 5.26 Å². The van der Waals surface area contributed by atoms with Gasteiger partial charge >= 0.3 is 0 Å². The fourth-order valence-corrected chi connectivity index (χ4v) is 3.95. The zero-order valence-electron chi connectivity index (χ0n) is 15.8. The number of aromatic nitrogens is 2. The summed E-state index contributed by atoms with van der Waals surface area (Å²) in [7, 11) is 0. The summed E-state index contributed by atoms with van der Waals surface area (Å²) in [4.78, 5) is 9.12. The van der Waals surface area contributed by atoms with Crippen molar-refractivity contribution in [2.45, 2.75) is 70.6 Å². The van der Waals surface area contributed by atoms with Gasteiger partial charge in [-0.1, -0.05) is 44.0 Å². The third kappa shape index (κ3) is 4.91. The first-order valence-electron chi connectivity index (χ1n) is 10.1. The van der Waals surface area contributed by atoms with E-state index in [1.54, 1.807) is 0 Å². The molecular weight excluding hydrogens is 318 g/mol. The van der Waals surface area contributed by atoms with Crippen LogP contribution >= 0.6 is 0 Å². The zero-order valence-corrected chi connectivity index (χ0v) is 15.8. The van der Waals surface area contributed by atoms with Crippen LogP contribution in [0.5, 0.6) is 0 Å². The molecule has 0 amide bonds. The quantitative estimate of drug-likeness (QED) is 0.572. The molecule has 26 heavy (non-hydrogen) atoms. The first-order valence-corrected chi connectivity index (χ1v) is 10.1. The summed E-state index contributed by atoms with van der Waals surface area (Å²) in [5, 5.41) is 8.85. The minimum Gasteiger partial charge on any atom is -0.236 e. The van der Waals surface area contributed by atoms with Crippen LogP contribution in [0.15, 0.2) is 36.7 Å². The highest BCUT2D eigenvalue weighted by Gasteiger charge is 2.22. The summed E-state index contributed by atoms with van der Waals surface area (Å²) in [6.07, 6.45) is 14.2. The van der Waals surface area contributed by atoms with Gasteiger partial charge in [0.15, 0.2) is 5.82 Å². The maximum Gasteiger partial charge on any atom is 0.159 e. The molecule has 0 aliphatic heterocycles. The molecule has 3 nitrogen and oxygen atoms in total. The van der Waals surface area contributed by atoms with E-state index in [9.17, 15) is 0 Å². The Labute approximate surface area is 157 Å². The highest BCUT2D eigenvalue weighted by atomic mass is 14.9. The third-order valence-corrected chi connectivity index (χ3v) is 5.64. The number of unbranched alkanes of at least 4 members (excludes halogenated alkanes) is 2. The van der Waals surface area contributed by atoms with Crippen molar-refractivity contribution in [3.05, 3.63) is 47.8 Å². The predicted octanol–water partition coefficient (Wildman–Crippen LogP) is 6.06. The topological polar surface area (TPSA) is 49.6 Å². The summed E-state index contributed by atoms with van der Waals surface area (Å²) in [5.74, 6) is 2.06. The Balaban J connectivity index is 1.58. The van der Waals surface area contributed by atoms with E-state index in [0.29, 0.717) is 11.8 Å². The molecule has 1 saturated carbocycles. The summed E-state index contributed by atoms with van der Waals surface area (Å²) < 4.78 is 0. The molecule has 0 N–H and O–H groups in total. The second-order valence-electron chi connectivity index (χ2n) is 7.57. The van der Waals surface area contributed by atoms with Crippen LogP contribution in [-0.2, 0) is 6.42 Å². The van der Waals surface area contributed by atoms with E-state index >= 15 is 0 Å². The van der Waals surface area contributed by atoms with E-state index < -0.39 is 0 Å². The van der Waals surface area contributed by atoms with Gasteiger partial charge < -0.3 is 0 Å². The number of aryl methyl sites for hydroxylation is 1. The van der Waals surface area contributed by atoms with Gasteiger partial charge in [-0.3, -0.25) is 0 Å². The smallest absolute Gasteiger partial charge is 0.159 e. The van der Waals surface area contributed by atoms with Crippen molar-refractivity contribution in [3.8, 4) is 17.5 Å². The lowest BCUT2D eigenvalue weighted by Crippen LogP contribution is -2.12. The fraction of sp³-hybridized carbons (Fsp3) is 0.522. The van der Waals surface area contributed by atoms with Crippen LogP contribution < -0.4 is 0 Å². The van der Waals surface area contributed by atoms with E-state index in [0.717, 1.165) is 24.2 Å². The molecule has 136 valence electrons. The molecule has 0 unspecified atom stereocenters. The van der Waals surface area contributed by atoms with E-state index in [1.807, 2.05) is 12.4 Å². The molecule has 0 spiro atoms. The van der Waals surface area contributed by atoms with Crippen molar-refractivity contribution < 1.29 is 0 Å². The molecule has 1 heterocycles. The minimum atomic E-state index is 0.611. The molecule has 2 aromatic rings. The summed E-state index contributed by atoms with van der Waals surface area (Å²) >= 11 is 0. The molecule has 0 bridgehead atoms. The van der Waals surface area contributed by atoms with E-state index in [2.05, 4.69) is 47.2 Å². The Bertz CT molecular complexity index is 705. The largest absolute Gasteiger partial charge is 0.236 e. The normalized spacial score (nSPS) is 19.8. The SMILES string of the molecule is CCCCCc1cnc(-c2ccc(C3CCC(CC#N)CC3)cc2)nc1. The molecule has 1 aliphatic rings. The van der Waals surface area contributed by atoms with Gasteiger partial charge in [0.2, 0.25) is 0 Å². The average molecular weight is 348 g/mol. The van der Waals surface area contributed by atoms with Crippen LogP contribution in [0, 0.1) is 17.2 Å². The van der Waals surface area contributed by atoms with Crippen molar-refractivity contribution >= 4 is 0 Å². The Morgan fingerprint density at radius 2 is 1.69 bits per heavy atom. The molecule has 3 rings (SSSR count). The fourth-order valence-electron chi connectivity index (χ4n) is 3.95. The highest BCUT2D eigenvalue weighted by Crippen LogP contribution is 2.37. The molecule has 0 radical (unpaired) electrons. The average Bonchev–Trinajstić information content (AvgIpc) is 2.70. The molecule has 1 aliphatic carbocycles. The lowest BCUT2D eigenvalue weighted by Gasteiger charge is -2.27. The molecule has 1 fully saturated rings. The second kappa shape index (κ2) is 9.48. The maximum absolute atomic E-state index is 8.85. The summed E-state index contributed by atoms with van der Waals surface area (Å²) in [6.45, 7) is 2.22. The Morgan fingerprint density at radius 1 is 1.00 bits per heavy atom. The molecule has 0 atom stereocenters. The molecule has 1 aromatic heterocycles. The van der Waals surface area contributed by atoms with Gasteiger partial charge in [-0.2, -0.15) is 5.26 Å².